The van der Waals surface area contributed by atoms with Crippen LogP contribution in [0.4, 0.5) is 0 Å². The van der Waals surface area contributed by atoms with Gasteiger partial charge in [0.25, 0.3) is 5.41 Å². The lowest BCUT2D eigenvalue weighted by atomic mass is 9.67. The van der Waals surface area contributed by atoms with Crippen molar-refractivity contribution in [2.75, 3.05) is 0 Å². The van der Waals surface area contributed by atoms with Crippen LogP contribution in [0.5, 0.6) is 0 Å². The van der Waals surface area contributed by atoms with Gasteiger partial charge in [-0.15, -0.1) is 0 Å². The lowest BCUT2D eigenvalue weighted by Gasteiger charge is -2.33. The van der Waals surface area contributed by atoms with Gasteiger partial charge in [0, 0.05) is 22.3 Å². The summed E-state index contributed by atoms with van der Waals surface area (Å²) in [6.07, 6.45) is 0. The van der Waals surface area contributed by atoms with E-state index in [2.05, 4.69) is 0 Å². The molecule has 6 heteroatoms. The lowest BCUT2D eigenvalue weighted by Crippen LogP contribution is -2.56. The van der Waals surface area contributed by atoms with Gasteiger partial charge in [-0.25, -0.2) is 4.79 Å². The minimum absolute atomic E-state index is 0.0447. The van der Waals surface area contributed by atoms with Crippen LogP contribution in [0.3, 0.4) is 0 Å². The summed E-state index contributed by atoms with van der Waals surface area (Å²) < 4.78 is 5.66. The minimum atomic E-state index is -2.94. The Morgan fingerprint density at radius 2 is 0.921 bits per heavy atom. The standard InChI is InChI=1S/C32H20O6/c33-26(21-13-5-1-6-14-21)25-27(22-15-7-2-8-16-22)38-31(37)32(30(25)36,28(34)23-17-9-3-10-18-23)29(35)24-19-11-4-12-20-24/h1-20H. The molecule has 4 aromatic rings. The molecule has 6 nitrogen and oxygen atoms in total. The molecule has 0 N–H and O–H groups in total. The predicted molar refractivity (Wildman–Crippen MR) is 139 cm³/mol. The molecule has 184 valence electrons. The Morgan fingerprint density at radius 3 is 1.37 bits per heavy atom. The minimum Gasteiger partial charge on any atom is -0.424 e. The van der Waals surface area contributed by atoms with E-state index in [0.717, 1.165) is 0 Å². The van der Waals surface area contributed by atoms with Gasteiger partial charge in [-0.3, -0.25) is 19.2 Å². The Kier molecular flexibility index (Phi) is 6.46. The maximum Gasteiger partial charge on any atom is 0.341 e. The second kappa shape index (κ2) is 10.0. The average molecular weight is 501 g/mol. The van der Waals surface area contributed by atoms with Crippen LogP contribution in [-0.4, -0.2) is 29.1 Å². The van der Waals surface area contributed by atoms with Crippen LogP contribution < -0.4 is 0 Å². The summed E-state index contributed by atoms with van der Waals surface area (Å²) in [6, 6.07) is 31.2. The van der Waals surface area contributed by atoms with Crippen molar-refractivity contribution in [1.29, 1.82) is 0 Å². The summed E-state index contributed by atoms with van der Waals surface area (Å²) in [7, 11) is 0. The molecule has 4 aromatic carbocycles. The van der Waals surface area contributed by atoms with Crippen molar-refractivity contribution in [2.45, 2.75) is 0 Å². The number of hydrogen-bond donors (Lipinski definition) is 0. The summed E-state index contributed by atoms with van der Waals surface area (Å²) in [6.45, 7) is 0. The molecule has 0 saturated heterocycles. The van der Waals surface area contributed by atoms with Crippen LogP contribution >= 0.6 is 0 Å². The molecule has 0 radical (unpaired) electrons. The van der Waals surface area contributed by atoms with Gasteiger partial charge in [0.05, 0.1) is 0 Å². The van der Waals surface area contributed by atoms with E-state index >= 15 is 0 Å². The zero-order valence-corrected chi connectivity index (χ0v) is 20.0. The van der Waals surface area contributed by atoms with E-state index in [1.165, 1.54) is 36.4 Å². The molecular formula is C32H20O6. The van der Waals surface area contributed by atoms with Crippen LogP contribution in [-0.2, 0) is 14.3 Å². The first-order valence-electron chi connectivity index (χ1n) is 11.8. The summed E-state index contributed by atoms with van der Waals surface area (Å²) in [5.41, 5.74) is -3.17. The van der Waals surface area contributed by atoms with E-state index in [0.29, 0.717) is 0 Å². The topological polar surface area (TPSA) is 94.6 Å². The zero-order chi connectivity index (χ0) is 26.7. The molecule has 1 heterocycles. The molecule has 5 rings (SSSR count). The normalized spacial score (nSPS) is 14.5. The van der Waals surface area contributed by atoms with E-state index in [4.69, 9.17) is 4.74 Å². The number of carbonyl (C=O) groups excluding carboxylic acids is 5. The molecule has 0 spiro atoms. The fourth-order valence-electron chi connectivity index (χ4n) is 4.44. The van der Waals surface area contributed by atoms with Crippen molar-refractivity contribution in [3.63, 3.8) is 0 Å². The van der Waals surface area contributed by atoms with E-state index in [-0.39, 0.29) is 28.0 Å². The first-order valence-corrected chi connectivity index (χ1v) is 11.8. The van der Waals surface area contributed by atoms with Crippen molar-refractivity contribution in [2.24, 2.45) is 5.41 Å². The second-order valence-electron chi connectivity index (χ2n) is 8.62. The van der Waals surface area contributed by atoms with E-state index in [1.807, 2.05) is 0 Å². The summed E-state index contributed by atoms with van der Waals surface area (Å²) in [4.78, 5) is 70.2. The number of cyclic esters (lactones) is 1. The molecule has 1 aliphatic rings. The summed E-state index contributed by atoms with van der Waals surface area (Å²) in [5.74, 6) is -5.77. The van der Waals surface area contributed by atoms with E-state index in [1.54, 1.807) is 84.9 Å². The molecular weight excluding hydrogens is 480 g/mol. The third-order valence-electron chi connectivity index (χ3n) is 6.35. The number of esters is 1. The fraction of sp³-hybridized carbons (Fsp3) is 0.0312. The van der Waals surface area contributed by atoms with Crippen molar-refractivity contribution in [3.8, 4) is 0 Å². The first-order chi connectivity index (χ1) is 18.5. The van der Waals surface area contributed by atoms with Crippen LogP contribution in [0.1, 0.15) is 36.6 Å². The highest BCUT2D eigenvalue weighted by atomic mass is 16.5. The monoisotopic (exact) mass is 500 g/mol. The maximum absolute atomic E-state index is 14.5. The smallest absolute Gasteiger partial charge is 0.341 e. The van der Waals surface area contributed by atoms with Gasteiger partial charge in [0.15, 0.2) is 23.1 Å². The first kappa shape index (κ1) is 24.5. The molecule has 0 aliphatic carbocycles. The Hall–Kier alpha value is -5.23. The number of Topliss-reactive ketones (excluding diaryl/α,β-unsaturated/α-hetero) is 4. The molecule has 0 atom stereocenters. The fourth-order valence-corrected chi connectivity index (χ4v) is 4.44. The highest BCUT2D eigenvalue weighted by Crippen LogP contribution is 2.42. The Labute approximate surface area is 218 Å². The molecule has 0 aromatic heterocycles. The summed E-state index contributed by atoms with van der Waals surface area (Å²) >= 11 is 0. The van der Waals surface area contributed by atoms with Crippen molar-refractivity contribution in [3.05, 3.63) is 149 Å². The molecule has 0 unspecified atom stereocenters. The Balaban J connectivity index is 1.80. The van der Waals surface area contributed by atoms with Gasteiger partial charge in [0.1, 0.15) is 5.57 Å². The average Bonchev–Trinajstić information content (AvgIpc) is 2.98. The van der Waals surface area contributed by atoms with Gasteiger partial charge in [-0.05, 0) is 0 Å². The molecule has 0 fully saturated rings. The van der Waals surface area contributed by atoms with E-state index < -0.39 is 40.1 Å². The number of hydrogen-bond acceptors (Lipinski definition) is 6. The molecule has 0 amide bonds. The molecule has 0 saturated carbocycles. The summed E-state index contributed by atoms with van der Waals surface area (Å²) in [5, 5.41) is 0. The van der Waals surface area contributed by atoms with E-state index in [9.17, 15) is 24.0 Å². The van der Waals surface area contributed by atoms with Crippen molar-refractivity contribution >= 4 is 34.9 Å². The molecule has 1 aliphatic heterocycles. The van der Waals surface area contributed by atoms with Gasteiger partial charge < -0.3 is 4.74 Å². The van der Waals surface area contributed by atoms with Gasteiger partial charge in [-0.2, -0.15) is 0 Å². The van der Waals surface area contributed by atoms with Gasteiger partial charge >= 0.3 is 5.97 Å². The Bertz CT molecular complexity index is 1540. The van der Waals surface area contributed by atoms with Crippen LogP contribution in [0.25, 0.3) is 5.76 Å². The quantitative estimate of drug-likeness (QED) is 0.151. The van der Waals surface area contributed by atoms with Crippen LogP contribution in [0, 0.1) is 5.41 Å². The lowest BCUT2D eigenvalue weighted by molar-refractivity contribution is -0.148. The third-order valence-corrected chi connectivity index (χ3v) is 6.35. The number of allylic oxidation sites excluding steroid dienone is 1. The molecule has 0 bridgehead atoms. The number of benzene rings is 4. The zero-order valence-electron chi connectivity index (χ0n) is 20.0. The largest absolute Gasteiger partial charge is 0.424 e. The third kappa shape index (κ3) is 3.98. The highest BCUT2D eigenvalue weighted by Gasteiger charge is 2.64. The van der Waals surface area contributed by atoms with Crippen molar-refractivity contribution in [1.82, 2.24) is 0 Å². The second-order valence-corrected chi connectivity index (χ2v) is 8.62. The number of carbonyl (C=O) groups is 5. The number of ether oxygens (including phenoxy) is 1. The highest BCUT2D eigenvalue weighted by molar-refractivity contribution is 6.52. The Morgan fingerprint density at radius 1 is 0.526 bits per heavy atom. The van der Waals surface area contributed by atoms with Gasteiger partial charge in [0.2, 0.25) is 5.78 Å². The predicted octanol–water partition coefficient (Wildman–Crippen LogP) is 5.16. The number of ketones is 4. The van der Waals surface area contributed by atoms with Crippen LogP contribution in [0.2, 0.25) is 0 Å². The molecule has 38 heavy (non-hydrogen) atoms. The number of rotatable bonds is 7. The maximum atomic E-state index is 14.5. The van der Waals surface area contributed by atoms with Crippen molar-refractivity contribution < 1.29 is 28.7 Å². The van der Waals surface area contributed by atoms with Gasteiger partial charge in [-0.1, -0.05) is 121 Å². The van der Waals surface area contributed by atoms with Crippen LogP contribution in [0.15, 0.2) is 127 Å². The SMILES string of the molecule is O=C(C1=C(c2ccccc2)OC(=O)C(C(=O)c2ccccc2)(C(=O)c2ccccc2)C1=O)c1ccccc1.